The Morgan fingerprint density at radius 3 is 2.64 bits per heavy atom. The molecular formula is C5H6BClN2O2. The van der Waals surface area contributed by atoms with E-state index >= 15 is 0 Å². The van der Waals surface area contributed by atoms with Crippen molar-refractivity contribution in [2.45, 2.75) is 0 Å². The van der Waals surface area contributed by atoms with Crippen LogP contribution in [0.2, 0.25) is 5.02 Å². The first-order chi connectivity index (χ1) is 5.11. The van der Waals surface area contributed by atoms with E-state index in [-0.39, 0.29) is 11.3 Å². The number of anilines is 1. The molecule has 0 radical (unpaired) electrons. The van der Waals surface area contributed by atoms with Gasteiger partial charge >= 0.3 is 7.12 Å². The maximum atomic E-state index is 8.67. The minimum atomic E-state index is -1.65. The lowest BCUT2D eigenvalue weighted by atomic mass is 9.84. The molecule has 1 aromatic heterocycles. The fraction of sp³-hybridized carbons (Fsp3) is 0. The molecule has 0 unspecified atom stereocenters. The fourth-order valence-corrected chi connectivity index (χ4v) is 0.848. The standard InChI is InChI=1S/C5H6BClN2O2/c7-3-1-4(8)5(6(10)11)9-2-3/h1-2,10-11H,8H2. The molecule has 0 fully saturated rings. The molecule has 0 saturated carbocycles. The van der Waals surface area contributed by atoms with Gasteiger partial charge in [0, 0.05) is 6.20 Å². The summed E-state index contributed by atoms with van der Waals surface area (Å²) >= 11 is 5.52. The normalized spacial score (nSPS) is 9.73. The Hall–Kier alpha value is -0.775. The van der Waals surface area contributed by atoms with Crippen LogP contribution in [0.15, 0.2) is 12.3 Å². The topological polar surface area (TPSA) is 79.4 Å². The molecule has 0 bridgehead atoms. The zero-order valence-corrected chi connectivity index (χ0v) is 6.28. The van der Waals surface area contributed by atoms with Gasteiger partial charge in [-0.2, -0.15) is 0 Å². The maximum Gasteiger partial charge on any atom is 0.510 e. The quantitative estimate of drug-likeness (QED) is 0.475. The number of nitrogens with two attached hydrogens (primary N) is 1. The number of hydrogen-bond acceptors (Lipinski definition) is 4. The molecule has 0 amide bonds. The van der Waals surface area contributed by atoms with Gasteiger partial charge < -0.3 is 15.8 Å². The van der Waals surface area contributed by atoms with Gasteiger partial charge in [-0.25, -0.2) is 0 Å². The highest BCUT2D eigenvalue weighted by Gasteiger charge is 2.16. The number of nitrogen functional groups attached to an aromatic ring is 1. The monoisotopic (exact) mass is 172 g/mol. The fourth-order valence-electron chi connectivity index (χ4n) is 0.681. The van der Waals surface area contributed by atoms with Crippen LogP contribution in [0.4, 0.5) is 5.69 Å². The van der Waals surface area contributed by atoms with Crippen molar-refractivity contribution in [1.29, 1.82) is 0 Å². The van der Waals surface area contributed by atoms with Gasteiger partial charge in [0.05, 0.1) is 16.3 Å². The van der Waals surface area contributed by atoms with Gasteiger partial charge in [0.2, 0.25) is 0 Å². The Bertz CT molecular complexity index is 269. The highest BCUT2D eigenvalue weighted by atomic mass is 35.5. The van der Waals surface area contributed by atoms with Gasteiger partial charge in [-0.05, 0) is 6.07 Å². The third kappa shape index (κ3) is 1.83. The third-order valence-electron chi connectivity index (χ3n) is 1.16. The van der Waals surface area contributed by atoms with Crippen molar-refractivity contribution in [1.82, 2.24) is 4.98 Å². The minimum Gasteiger partial charge on any atom is -0.422 e. The molecule has 11 heavy (non-hydrogen) atoms. The lowest BCUT2D eigenvalue weighted by Crippen LogP contribution is -2.34. The molecular weight excluding hydrogens is 166 g/mol. The van der Waals surface area contributed by atoms with Gasteiger partial charge in [-0.1, -0.05) is 11.6 Å². The van der Waals surface area contributed by atoms with E-state index in [0.717, 1.165) is 0 Å². The van der Waals surface area contributed by atoms with Crippen LogP contribution in [0.25, 0.3) is 0 Å². The molecule has 0 saturated heterocycles. The first-order valence-corrected chi connectivity index (χ1v) is 3.26. The van der Waals surface area contributed by atoms with Gasteiger partial charge in [0.25, 0.3) is 0 Å². The van der Waals surface area contributed by atoms with Crippen LogP contribution in [0.1, 0.15) is 0 Å². The van der Waals surface area contributed by atoms with E-state index in [9.17, 15) is 0 Å². The highest BCUT2D eigenvalue weighted by Crippen LogP contribution is 2.07. The average Bonchev–Trinajstić information content (AvgIpc) is 1.85. The Balaban J connectivity index is 3.09. The second-order valence-corrected chi connectivity index (χ2v) is 2.44. The molecule has 4 N–H and O–H groups in total. The largest absolute Gasteiger partial charge is 0.510 e. The Kier molecular flexibility index (Phi) is 2.33. The van der Waals surface area contributed by atoms with Gasteiger partial charge in [-0.15, -0.1) is 0 Å². The number of rotatable bonds is 1. The molecule has 0 atom stereocenters. The van der Waals surface area contributed by atoms with Gasteiger partial charge in [0.1, 0.15) is 0 Å². The van der Waals surface area contributed by atoms with E-state index in [1.165, 1.54) is 12.3 Å². The van der Waals surface area contributed by atoms with Crippen LogP contribution in [0, 0.1) is 0 Å². The molecule has 0 aliphatic heterocycles. The summed E-state index contributed by atoms with van der Waals surface area (Å²) in [6.07, 6.45) is 1.30. The number of aromatic nitrogens is 1. The van der Waals surface area contributed by atoms with Crippen molar-refractivity contribution in [2.75, 3.05) is 5.73 Å². The SMILES string of the molecule is Nc1cc(Cl)cnc1B(O)O. The summed E-state index contributed by atoms with van der Waals surface area (Å²) in [6, 6.07) is 1.41. The van der Waals surface area contributed by atoms with Crippen LogP contribution >= 0.6 is 11.6 Å². The summed E-state index contributed by atoms with van der Waals surface area (Å²) in [6.45, 7) is 0. The van der Waals surface area contributed by atoms with E-state index in [4.69, 9.17) is 27.4 Å². The first-order valence-electron chi connectivity index (χ1n) is 2.88. The molecule has 58 valence electrons. The van der Waals surface area contributed by atoms with E-state index in [2.05, 4.69) is 4.98 Å². The van der Waals surface area contributed by atoms with E-state index in [1.807, 2.05) is 0 Å². The van der Waals surface area contributed by atoms with Crippen LogP contribution in [0.5, 0.6) is 0 Å². The van der Waals surface area contributed by atoms with Crippen LogP contribution in [0.3, 0.4) is 0 Å². The second-order valence-electron chi connectivity index (χ2n) is 2.00. The van der Waals surface area contributed by atoms with Crippen molar-refractivity contribution in [3.63, 3.8) is 0 Å². The van der Waals surface area contributed by atoms with Gasteiger partial charge in [0.15, 0.2) is 0 Å². The predicted molar refractivity (Wildman–Crippen MR) is 43.5 cm³/mol. The summed E-state index contributed by atoms with van der Waals surface area (Å²) in [5.41, 5.74) is 5.55. The lowest BCUT2D eigenvalue weighted by Gasteiger charge is -2.01. The first kappa shape index (κ1) is 8.32. The number of pyridine rings is 1. The summed E-state index contributed by atoms with van der Waals surface area (Å²) < 4.78 is 0. The van der Waals surface area contributed by atoms with Gasteiger partial charge in [-0.3, -0.25) is 4.98 Å². The smallest absolute Gasteiger partial charge is 0.422 e. The zero-order valence-electron chi connectivity index (χ0n) is 5.53. The average molecular weight is 172 g/mol. The van der Waals surface area contributed by atoms with E-state index in [1.54, 1.807) is 0 Å². The molecule has 0 aliphatic rings. The Morgan fingerprint density at radius 1 is 1.55 bits per heavy atom. The van der Waals surface area contributed by atoms with Crippen molar-refractivity contribution in [2.24, 2.45) is 0 Å². The van der Waals surface area contributed by atoms with Crippen molar-refractivity contribution < 1.29 is 10.0 Å². The third-order valence-corrected chi connectivity index (χ3v) is 1.37. The Morgan fingerprint density at radius 2 is 2.18 bits per heavy atom. The second kappa shape index (κ2) is 3.08. The molecule has 1 aromatic rings. The van der Waals surface area contributed by atoms with Crippen LogP contribution in [-0.2, 0) is 0 Å². The van der Waals surface area contributed by atoms with Crippen molar-refractivity contribution in [3.05, 3.63) is 17.3 Å². The minimum absolute atomic E-state index is 0.0226. The molecule has 6 heteroatoms. The van der Waals surface area contributed by atoms with Crippen LogP contribution < -0.4 is 11.3 Å². The number of halogens is 1. The molecule has 4 nitrogen and oxygen atoms in total. The molecule has 0 aliphatic carbocycles. The predicted octanol–water partition coefficient (Wildman–Crippen LogP) is -1.00. The summed E-state index contributed by atoms with van der Waals surface area (Å²) in [5.74, 6) is 0. The molecule has 1 heterocycles. The highest BCUT2D eigenvalue weighted by molar-refractivity contribution is 6.59. The summed E-state index contributed by atoms with van der Waals surface area (Å²) in [7, 11) is -1.65. The van der Waals surface area contributed by atoms with Crippen molar-refractivity contribution >= 4 is 30.0 Å². The lowest BCUT2D eigenvalue weighted by molar-refractivity contribution is 0.424. The zero-order chi connectivity index (χ0) is 8.43. The molecule has 0 spiro atoms. The molecule has 1 rings (SSSR count). The number of hydrogen-bond donors (Lipinski definition) is 3. The Labute approximate surface area is 68.8 Å². The maximum absolute atomic E-state index is 8.67. The van der Waals surface area contributed by atoms with Crippen LogP contribution in [-0.4, -0.2) is 22.2 Å². The van der Waals surface area contributed by atoms with Crippen molar-refractivity contribution in [3.8, 4) is 0 Å². The van der Waals surface area contributed by atoms with E-state index < -0.39 is 7.12 Å². The summed E-state index contributed by atoms with van der Waals surface area (Å²) in [4.78, 5) is 3.62. The van der Waals surface area contributed by atoms with E-state index in [0.29, 0.717) is 5.02 Å². The summed E-state index contributed by atoms with van der Waals surface area (Å²) in [5, 5.41) is 17.7. The number of nitrogens with zero attached hydrogens (tertiary/aromatic N) is 1. The molecule has 0 aromatic carbocycles.